The van der Waals surface area contributed by atoms with Gasteiger partial charge >= 0.3 is 0 Å². The Bertz CT molecular complexity index is 844. The monoisotopic (exact) mass is 374 g/mol. The molecule has 1 atom stereocenters. The molecule has 1 amide bonds. The highest BCUT2D eigenvalue weighted by molar-refractivity contribution is 7.92. The molecule has 0 bridgehead atoms. The molecule has 0 fully saturated rings. The van der Waals surface area contributed by atoms with E-state index in [0.29, 0.717) is 17.8 Å². The van der Waals surface area contributed by atoms with Crippen molar-refractivity contribution in [3.05, 3.63) is 59.7 Å². The van der Waals surface area contributed by atoms with Crippen LogP contribution in [0.4, 0.5) is 11.4 Å². The predicted octanol–water partition coefficient (Wildman–Crippen LogP) is 3.74. The van der Waals surface area contributed by atoms with Crippen LogP contribution in [-0.2, 0) is 21.2 Å². The van der Waals surface area contributed by atoms with E-state index in [9.17, 15) is 13.2 Å². The Balaban J connectivity index is 2.31. The average Bonchev–Trinajstić information content (AvgIpc) is 2.60. The van der Waals surface area contributed by atoms with E-state index in [2.05, 4.69) is 12.2 Å². The van der Waals surface area contributed by atoms with E-state index in [1.165, 1.54) is 9.87 Å². The minimum absolute atomic E-state index is 0.345. The number of anilines is 2. The highest BCUT2D eigenvalue weighted by Gasteiger charge is 2.31. The molecular formula is C20H26N2O3S. The number of hydrogen-bond donors (Lipinski definition) is 1. The zero-order chi connectivity index (χ0) is 19.3. The fraction of sp³-hybridized carbons (Fsp3) is 0.350. The fourth-order valence-corrected chi connectivity index (χ4v) is 4.01. The van der Waals surface area contributed by atoms with E-state index >= 15 is 0 Å². The number of nitrogens with one attached hydrogen (secondary N) is 1. The van der Waals surface area contributed by atoms with E-state index in [-0.39, 0.29) is 5.91 Å². The highest BCUT2D eigenvalue weighted by atomic mass is 32.2. The van der Waals surface area contributed by atoms with Gasteiger partial charge in [0.05, 0.1) is 11.9 Å². The SMILES string of the molecule is CCc1ccc(NC(=O)C(CC)N(c2ccc(C)cc2)S(C)(=O)=O)cc1. The Morgan fingerprint density at radius 2 is 1.62 bits per heavy atom. The Hall–Kier alpha value is -2.34. The summed E-state index contributed by atoms with van der Waals surface area (Å²) in [7, 11) is -3.62. The Morgan fingerprint density at radius 1 is 1.04 bits per heavy atom. The van der Waals surface area contributed by atoms with Crippen LogP contribution < -0.4 is 9.62 Å². The summed E-state index contributed by atoms with van der Waals surface area (Å²) in [6.45, 7) is 5.79. The van der Waals surface area contributed by atoms with E-state index < -0.39 is 16.1 Å². The largest absolute Gasteiger partial charge is 0.324 e. The van der Waals surface area contributed by atoms with Gasteiger partial charge in [-0.3, -0.25) is 9.10 Å². The summed E-state index contributed by atoms with van der Waals surface area (Å²) in [5, 5.41) is 2.83. The zero-order valence-corrected chi connectivity index (χ0v) is 16.5. The maximum atomic E-state index is 12.8. The third-order valence-corrected chi connectivity index (χ3v) is 5.43. The number of hydrogen-bond acceptors (Lipinski definition) is 3. The van der Waals surface area contributed by atoms with Gasteiger partial charge in [-0.15, -0.1) is 0 Å². The first-order chi connectivity index (χ1) is 12.3. The van der Waals surface area contributed by atoms with Crippen molar-refractivity contribution >= 4 is 27.3 Å². The van der Waals surface area contributed by atoms with E-state index in [1.807, 2.05) is 43.3 Å². The predicted molar refractivity (Wildman–Crippen MR) is 107 cm³/mol. The van der Waals surface area contributed by atoms with E-state index in [4.69, 9.17) is 0 Å². The number of nitrogens with zero attached hydrogens (tertiary/aromatic N) is 1. The molecule has 0 aliphatic rings. The second-order valence-electron chi connectivity index (χ2n) is 6.36. The smallest absolute Gasteiger partial charge is 0.248 e. The van der Waals surface area contributed by atoms with Crippen molar-refractivity contribution in [2.24, 2.45) is 0 Å². The van der Waals surface area contributed by atoms with Crippen molar-refractivity contribution < 1.29 is 13.2 Å². The van der Waals surface area contributed by atoms with Gasteiger partial charge < -0.3 is 5.32 Å². The molecule has 0 saturated heterocycles. The second kappa shape index (κ2) is 8.36. The van der Waals surface area contributed by atoms with Crippen LogP contribution in [0.3, 0.4) is 0 Å². The van der Waals surface area contributed by atoms with Crippen LogP contribution in [0.25, 0.3) is 0 Å². The molecule has 0 aromatic heterocycles. The molecule has 26 heavy (non-hydrogen) atoms. The van der Waals surface area contributed by atoms with Crippen molar-refractivity contribution in [1.82, 2.24) is 0 Å². The Morgan fingerprint density at radius 3 is 2.08 bits per heavy atom. The molecule has 140 valence electrons. The van der Waals surface area contributed by atoms with Gasteiger partial charge in [-0.1, -0.05) is 43.7 Å². The molecule has 2 aromatic carbocycles. The van der Waals surface area contributed by atoms with Gasteiger partial charge in [-0.2, -0.15) is 0 Å². The Kier molecular flexibility index (Phi) is 6.42. The van der Waals surface area contributed by atoms with Gasteiger partial charge in [0, 0.05) is 5.69 Å². The van der Waals surface area contributed by atoms with Crippen molar-refractivity contribution in [1.29, 1.82) is 0 Å². The van der Waals surface area contributed by atoms with E-state index in [1.54, 1.807) is 19.1 Å². The molecule has 2 aromatic rings. The molecular weight excluding hydrogens is 348 g/mol. The lowest BCUT2D eigenvalue weighted by Gasteiger charge is -2.30. The van der Waals surface area contributed by atoms with Crippen molar-refractivity contribution in [2.45, 2.75) is 39.7 Å². The number of carbonyl (C=O) groups excluding carboxylic acids is 1. The molecule has 0 heterocycles. The lowest BCUT2D eigenvalue weighted by molar-refractivity contribution is -0.117. The lowest BCUT2D eigenvalue weighted by atomic mass is 10.1. The Labute approximate surface area is 156 Å². The molecule has 1 unspecified atom stereocenters. The number of benzene rings is 2. The van der Waals surface area contributed by atoms with Crippen LogP contribution in [0.15, 0.2) is 48.5 Å². The summed E-state index contributed by atoms with van der Waals surface area (Å²) >= 11 is 0. The van der Waals surface area contributed by atoms with Crippen molar-refractivity contribution in [3.63, 3.8) is 0 Å². The highest BCUT2D eigenvalue weighted by Crippen LogP contribution is 2.24. The fourth-order valence-electron chi connectivity index (χ4n) is 2.80. The summed E-state index contributed by atoms with van der Waals surface area (Å²) in [5.74, 6) is -0.345. The number of amides is 1. The quantitative estimate of drug-likeness (QED) is 0.803. The van der Waals surface area contributed by atoms with Crippen LogP contribution in [0.5, 0.6) is 0 Å². The molecule has 6 heteroatoms. The molecule has 5 nitrogen and oxygen atoms in total. The summed E-state index contributed by atoms with van der Waals surface area (Å²) in [5.41, 5.74) is 3.34. The second-order valence-corrected chi connectivity index (χ2v) is 8.22. The standard InChI is InChI=1S/C20H26N2O3S/c1-5-16-9-11-17(12-10-16)21-20(23)19(6-2)22(26(4,24)25)18-13-7-15(3)8-14-18/h7-14,19H,5-6H2,1-4H3,(H,21,23). The summed E-state index contributed by atoms with van der Waals surface area (Å²) in [6.07, 6.45) is 2.40. The normalized spacial score (nSPS) is 12.5. The van der Waals surface area contributed by atoms with Gasteiger partial charge in [0.1, 0.15) is 6.04 Å². The van der Waals surface area contributed by atoms with E-state index in [0.717, 1.165) is 18.2 Å². The lowest BCUT2D eigenvalue weighted by Crippen LogP contribution is -2.47. The molecule has 0 saturated carbocycles. The molecule has 0 spiro atoms. The third-order valence-electron chi connectivity index (χ3n) is 4.25. The van der Waals surface area contributed by atoms with Crippen LogP contribution in [0, 0.1) is 6.92 Å². The van der Waals surface area contributed by atoms with Crippen LogP contribution in [0.1, 0.15) is 31.4 Å². The molecule has 0 aliphatic carbocycles. The first kappa shape index (κ1) is 20.0. The van der Waals surface area contributed by atoms with Gasteiger partial charge in [0.15, 0.2) is 0 Å². The van der Waals surface area contributed by atoms with Crippen LogP contribution >= 0.6 is 0 Å². The maximum Gasteiger partial charge on any atom is 0.248 e. The van der Waals surface area contributed by atoms with Crippen LogP contribution in [-0.4, -0.2) is 26.6 Å². The number of aryl methyl sites for hydroxylation is 2. The average molecular weight is 375 g/mol. The molecule has 1 N–H and O–H groups in total. The molecule has 0 aliphatic heterocycles. The topological polar surface area (TPSA) is 66.5 Å². The summed E-state index contributed by atoms with van der Waals surface area (Å²) < 4.78 is 26.0. The third kappa shape index (κ3) is 4.85. The van der Waals surface area contributed by atoms with Gasteiger partial charge in [0.25, 0.3) is 0 Å². The minimum atomic E-state index is -3.62. The number of rotatable bonds is 7. The number of sulfonamides is 1. The zero-order valence-electron chi connectivity index (χ0n) is 15.7. The van der Waals surface area contributed by atoms with Crippen molar-refractivity contribution in [3.8, 4) is 0 Å². The first-order valence-electron chi connectivity index (χ1n) is 8.72. The van der Waals surface area contributed by atoms with Crippen LogP contribution in [0.2, 0.25) is 0 Å². The van der Waals surface area contributed by atoms with Gasteiger partial charge in [0.2, 0.25) is 15.9 Å². The molecule has 2 rings (SSSR count). The first-order valence-corrected chi connectivity index (χ1v) is 10.6. The van der Waals surface area contributed by atoms with Gasteiger partial charge in [-0.25, -0.2) is 8.42 Å². The number of carbonyl (C=O) groups is 1. The molecule has 0 radical (unpaired) electrons. The summed E-state index contributed by atoms with van der Waals surface area (Å²) in [6, 6.07) is 13.9. The van der Waals surface area contributed by atoms with Gasteiger partial charge in [-0.05, 0) is 49.6 Å². The maximum absolute atomic E-state index is 12.8. The minimum Gasteiger partial charge on any atom is -0.324 e. The van der Waals surface area contributed by atoms with Crippen molar-refractivity contribution in [2.75, 3.05) is 15.9 Å². The summed E-state index contributed by atoms with van der Waals surface area (Å²) in [4.78, 5) is 12.8.